The van der Waals surface area contributed by atoms with Gasteiger partial charge >= 0.3 is 12.1 Å². The molecule has 0 bridgehead atoms. The molecular formula is C28H33F3O2. The Hall–Kier alpha value is -2.56. The Bertz CT molecular complexity index is 1030. The van der Waals surface area contributed by atoms with E-state index in [0.29, 0.717) is 0 Å². The van der Waals surface area contributed by atoms with E-state index in [1.807, 2.05) is 6.08 Å². The minimum absolute atomic E-state index is 0.149. The third-order valence-electron chi connectivity index (χ3n) is 6.97. The topological polar surface area (TPSA) is 37.3 Å². The Balaban J connectivity index is 1.66. The average Bonchev–Trinajstić information content (AvgIpc) is 2.73. The second-order valence-corrected chi connectivity index (χ2v) is 10.4. The largest absolute Gasteiger partial charge is 0.481 e. The Morgan fingerprint density at radius 3 is 2.30 bits per heavy atom. The van der Waals surface area contributed by atoms with Gasteiger partial charge in [0.05, 0.1) is 11.5 Å². The zero-order valence-electron chi connectivity index (χ0n) is 19.8. The molecule has 178 valence electrons. The maximum atomic E-state index is 13.0. The summed E-state index contributed by atoms with van der Waals surface area (Å²) in [4.78, 5) is 11.7. The summed E-state index contributed by atoms with van der Waals surface area (Å²) in [5.41, 5.74) is 3.75. The summed E-state index contributed by atoms with van der Waals surface area (Å²) in [6.45, 7) is 9.19. The van der Waals surface area contributed by atoms with Crippen molar-refractivity contribution in [3.63, 3.8) is 0 Å². The first kappa shape index (κ1) is 25.1. The van der Waals surface area contributed by atoms with E-state index in [2.05, 4.69) is 45.9 Å². The van der Waals surface area contributed by atoms with E-state index < -0.39 is 23.6 Å². The predicted octanol–water partition coefficient (Wildman–Crippen LogP) is 7.80. The second-order valence-electron chi connectivity index (χ2n) is 10.4. The van der Waals surface area contributed by atoms with Gasteiger partial charge in [-0.3, -0.25) is 4.79 Å². The lowest BCUT2D eigenvalue weighted by molar-refractivity contribution is -0.140. The molecule has 33 heavy (non-hydrogen) atoms. The van der Waals surface area contributed by atoms with E-state index in [-0.39, 0.29) is 22.8 Å². The van der Waals surface area contributed by atoms with Gasteiger partial charge in [-0.25, -0.2) is 0 Å². The standard InChI is InChI=1S/C28H33F3O2/c1-26(2)15-16-27(3,4)24-17-19(13-14-23(24)26)9-6-5-7-12-22(25(32)33)20-10-8-11-21(18-20)28(29,30)31/h5,7-8,10-11,13-14,17-18,22H,6,9,12,15-16H2,1-4H3,(H,32,33). The molecule has 0 spiro atoms. The molecule has 1 N–H and O–H groups in total. The van der Waals surface area contributed by atoms with Gasteiger partial charge in [-0.2, -0.15) is 13.2 Å². The third kappa shape index (κ3) is 5.87. The second kappa shape index (κ2) is 9.36. The van der Waals surface area contributed by atoms with E-state index in [9.17, 15) is 23.1 Å². The van der Waals surface area contributed by atoms with Crippen LogP contribution in [0.25, 0.3) is 0 Å². The number of hydrogen-bond acceptors (Lipinski definition) is 1. The smallest absolute Gasteiger partial charge is 0.416 e. The fraction of sp³-hybridized carbons (Fsp3) is 0.464. The van der Waals surface area contributed by atoms with Crippen molar-refractivity contribution in [1.82, 2.24) is 0 Å². The number of fused-ring (bicyclic) bond motifs is 1. The van der Waals surface area contributed by atoms with Crippen LogP contribution in [0.2, 0.25) is 0 Å². The highest BCUT2D eigenvalue weighted by Gasteiger charge is 2.37. The number of allylic oxidation sites excluding steroid dienone is 2. The molecule has 0 amide bonds. The maximum absolute atomic E-state index is 13.0. The van der Waals surface area contributed by atoms with Crippen molar-refractivity contribution >= 4 is 5.97 Å². The first-order valence-corrected chi connectivity index (χ1v) is 11.5. The van der Waals surface area contributed by atoms with Crippen molar-refractivity contribution in [2.24, 2.45) is 0 Å². The molecule has 1 unspecified atom stereocenters. The van der Waals surface area contributed by atoms with Crippen LogP contribution in [0.5, 0.6) is 0 Å². The molecule has 0 radical (unpaired) electrons. The SMILES string of the molecule is CC1(C)CCC(C)(C)c2cc(CCC=CCC(C(=O)O)c3cccc(C(F)(F)F)c3)ccc21. The molecular weight excluding hydrogens is 425 g/mol. The van der Waals surface area contributed by atoms with Crippen LogP contribution in [0.3, 0.4) is 0 Å². The number of hydrogen-bond donors (Lipinski definition) is 1. The molecule has 0 fully saturated rings. The van der Waals surface area contributed by atoms with Crippen molar-refractivity contribution in [2.75, 3.05) is 0 Å². The molecule has 0 heterocycles. The van der Waals surface area contributed by atoms with Crippen LogP contribution in [0.4, 0.5) is 13.2 Å². The number of carboxylic acids is 1. The van der Waals surface area contributed by atoms with Gasteiger partial charge in [-0.15, -0.1) is 0 Å². The van der Waals surface area contributed by atoms with Gasteiger partial charge in [0.15, 0.2) is 0 Å². The highest BCUT2D eigenvalue weighted by Crippen LogP contribution is 2.46. The Morgan fingerprint density at radius 2 is 1.67 bits per heavy atom. The third-order valence-corrected chi connectivity index (χ3v) is 6.97. The molecule has 5 heteroatoms. The maximum Gasteiger partial charge on any atom is 0.416 e. The number of rotatable bonds is 7. The molecule has 1 aliphatic rings. The van der Waals surface area contributed by atoms with Crippen molar-refractivity contribution in [3.8, 4) is 0 Å². The zero-order valence-corrected chi connectivity index (χ0v) is 19.8. The van der Waals surface area contributed by atoms with Crippen LogP contribution in [-0.4, -0.2) is 11.1 Å². The summed E-state index contributed by atoms with van der Waals surface area (Å²) < 4.78 is 38.9. The summed E-state index contributed by atoms with van der Waals surface area (Å²) in [6.07, 6.45) is 3.27. The number of alkyl halides is 3. The van der Waals surface area contributed by atoms with E-state index in [1.54, 1.807) is 6.08 Å². The van der Waals surface area contributed by atoms with Crippen LogP contribution >= 0.6 is 0 Å². The monoisotopic (exact) mass is 458 g/mol. The Morgan fingerprint density at radius 1 is 1.00 bits per heavy atom. The van der Waals surface area contributed by atoms with Crippen molar-refractivity contribution < 1.29 is 23.1 Å². The van der Waals surface area contributed by atoms with Gasteiger partial charge < -0.3 is 5.11 Å². The van der Waals surface area contributed by atoms with Gasteiger partial charge in [-0.1, -0.05) is 76.2 Å². The first-order valence-electron chi connectivity index (χ1n) is 11.5. The van der Waals surface area contributed by atoms with Crippen LogP contribution in [-0.2, 0) is 28.2 Å². The van der Waals surface area contributed by atoms with Gasteiger partial charge in [0.1, 0.15) is 0 Å². The summed E-state index contributed by atoms with van der Waals surface area (Å²) in [5, 5.41) is 9.54. The summed E-state index contributed by atoms with van der Waals surface area (Å²) in [5.74, 6) is -2.13. The lowest BCUT2D eigenvalue weighted by Crippen LogP contribution is -2.33. The molecule has 0 saturated heterocycles. The predicted molar refractivity (Wildman–Crippen MR) is 126 cm³/mol. The molecule has 2 aromatic carbocycles. The molecule has 2 aromatic rings. The molecule has 1 atom stereocenters. The van der Waals surface area contributed by atoms with Gasteiger partial charge in [0, 0.05) is 0 Å². The molecule has 0 aromatic heterocycles. The average molecular weight is 459 g/mol. The van der Waals surface area contributed by atoms with Crippen LogP contribution in [0.1, 0.15) is 87.1 Å². The molecule has 1 aliphatic carbocycles. The number of aliphatic carboxylic acids is 1. The highest BCUT2D eigenvalue weighted by molar-refractivity contribution is 5.76. The number of aryl methyl sites for hydroxylation is 1. The van der Waals surface area contributed by atoms with E-state index in [0.717, 1.165) is 31.4 Å². The number of carbonyl (C=O) groups is 1. The van der Waals surface area contributed by atoms with Gasteiger partial charge in [-0.05, 0) is 71.3 Å². The van der Waals surface area contributed by atoms with E-state index >= 15 is 0 Å². The number of halogens is 3. The Kier molecular flexibility index (Phi) is 7.11. The fourth-order valence-electron chi connectivity index (χ4n) is 4.70. The van der Waals surface area contributed by atoms with E-state index in [4.69, 9.17) is 0 Å². The van der Waals surface area contributed by atoms with Crippen LogP contribution in [0.15, 0.2) is 54.6 Å². The molecule has 0 saturated carbocycles. The van der Waals surface area contributed by atoms with Gasteiger partial charge in [0.25, 0.3) is 0 Å². The fourth-order valence-corrected chi connectivity index (χ4v) is 4.70. The van der Waals surface area contributed by atoms with Crippen molar-refractivity contribution in [3.05, 3.63) is 82.4 Å². The van der Waals surface area contributed by atoms with Crippen molar-refractivity contribution in [2.45, 2.75) is 82.7 Å². The molecule has 3 rings (SSSR count). The van der Waals surface area contributed by atoms with E-state index in [1.165, 1.54) is 35.2 Å². The molecule has 2 nitrogen and oxygen atoms in total. The zero-order chi connectivity index (χ0) is 24.4. The quantitative estimate of drug-likeness (QED) is 0.430. The van der Waals surface area contributed by atoms with Crippen LogP contribution in [0, 0.1) is 0 Å². The lowest BCUT2D eigenvalue weighted by Gasteiger charge is -2.42. The Labute approximate surface area is 194 Å². The number of benzene rings is 2. The van der Waals surface area contributed by atoms with Gasteiger partial charge in [0.2, 0.25) is 0 Å². The minimum atomic E-state index is -4.49. The van der Waals surface area contributed by atoms with Crippen LogP contribution < -0.4 is 0 Å². The summed E-state index contributed by atoms with van der Waals surface area (Å²) in [6, 6.07) is 11.3. The summed E-state index contributed by atoms with van der Waals surface area (Å²) >= 11 is 0. The highest BCUT2D eigenvalue weighted by atomic mass is 19.4. The normalized spacial score (nSPS) is 18.2. The minimum Gasteiger partial charge on any atom is -0.481 e. The van der Waals surface area contributed by atoms with Crippen molar-refractivity contribution in [1.29, 1.82) is 0 Å². The lowest BCUT2D eigenvalue weighted by atomic mass is 9.63. The first-order chi connectivity index (χ1) is 15.3. The summed E-state index contributed by atoms with van der Waals surface area (Å²) in [7, 11) is 0. The number of carboxylic acid groups (broad SMARTS) is 1. The molecule has 0 aliphatic heterocycles.